The van der Waals surface area contributed by atoms with Crippen molar-refractivity contribution in [1.82, 2.24) is 0 Å². The minimum atomic E-state index is -0.370. The van der Waals surface area contributed by atoms with Crippen LogP contribution in [0.3, 0.4) is 0 Å². The van der Waals surface area contributed by atoms with E-state index in [0.29, 0.717) is 11.3 Å². The van der Waals surface area contributed by atoms with Gasteiger partial charge in [-0.3, -0.25) is 15.1 Å². The number of hydrogen-bond donors (Lipinski definition) is 0. The first-order valence-electron chi connectivity index (χ1n) is 6.95. The molecule has 22 heavy (non-hydrogen) atoms. The van der Waals surface area contributed by atoms with Gasteiger partial charge in [-0.2, -0.15) is 0 Å². The standard InChI is InChI=1S/C17H19N3O2/c1-12-5-6-13(2)15(9-12)18-11-14-7-8-16(19(3)4)17(10-14)20(21)22/h5-11H,1-4H3. The molecule has 0 fully saturated rings. The molecule has 2 aromatic carbocycles. The Labute approximate surface area is 130 Å². The average molecular weight is 297 g/mol. The molecule has 114 valence electrons. The number of anilines is 1. The fourth-order valence-electron chi connectivity index (χ4n) is 2.15. The predicted octanol–water partition coefficient (Wildman–Crippen LogP) is 4.03. The molecule has 0 aliphatic heterocycles. The second-order valence-corrected chi connectivity index (χ2v) is 5.45. The van der Waals surface area contributed by atoms with Gasteiger partial charge in [-0.1, -0.05) is 18.2 Å². The first kappa shape index (κ1) is 15.7. The van der Waals surface area contributed by atoms with Crippen molar-refractivity contribution in [2.75, 3.05) is 19.0 Å². The van der Waals surface area contributed by atoms with Gasteiger partial charge in [0.15, 0.2) is 0 Å². The number of nitrogens with zero attached hydrogens (tertiary/aromatic N) is 3. The van der Waals surface area contributed by atoms with Crippen LogP contribution < -0.4 is 4.90 Å². The lowest BCUT2D eigenvalue weighted by molar-refractivity contribution is -0.384. The molecule has 5 nitrogen and oxygen atoms in total. The highest BCUT2D eigenvalue weighted by molar-refractivity contribution is 5.85. The van der Waals surface area contributed by atoms with Gasteiger partial charge < -0.3 is 4.90 Å². The van der Waals surface area contributed by atoms with E-state index in [-0.39, 0.29) is 10.6 Å². The first-order chi connectivity index (χ1) is 10.4. The van der Waals surface area contributed by atoms with Crippen LogP contribution in [-0.4, -0.2) is 25.2 Å². The van der Waals surface area contributed by atoms with Crippen molar-refractivity contribution in [1.29, 1.82) is 0 Å². The van der Waals surface area contributed by atoms with E-state index in [9.17, 15) is 10.1 Å². The maximum atomic E-state index is 11.2. The highest BCUT2D eigenvalue weighted by Gasteiger charge is 2.15. The molecule has 0 saturated heterocycles. The van der Waals surface area contributed by atoms with Crippen LogP contribution in [0.2, 0.25) is 0 Å². The summed E-state index contributed by atoms with van der Waals surface area (Å²) in [5.41, 5.74) is 4.44. The van der Waals surface area contributed by atoms with Crippen LogP contribution in [-0.2, 0) is 0 Å². The summed E-state index contributed by atoms with van der Waals surface area (Å²) in [7, 11) is 3.57. The van der Waals surface area contributed by atoms with Gasteiger partial charge in [0, 0.05) is 26.4 Å². The van der Waals surface area contributed by atoms with Gasteiger partial charge in [-0.05, 0) is 42.7 Å². The van der Waals surface area contributed by atoms with Crippen LogP contribution in [0.4, 0.5) is 17.1 Å². The maximum absolute atomic E-state index is 11.2. The fraction of sp³-hybridized carbons (Fsp3) is 0.235. The van der Waals surface area contributed by atoms with Gasteiger partial charge in [0.25, 0.3) is 5.69 Å². The van der Waals surface area contributed by atoms with Crippen LogP contribution in [0.5, 0.6) is 0 Å². The molecule has 0 atom stereocenters. The Bertz CT molecular complexity index is 737. The highest BCUT2D eigenvalue weighted by Crippen LogP contribution is 2.27. The summed E-state index contributed by atoms with van der Waals surface area (Å²) in [4.78, 5) is 17.0. The SMILES string of the molecule is Cc1ccc(C)c(N=Cc2ccc(N(C)C)c([N+](=O)[O-])c2)c1. The Morgan fingerprint density at radius 1 is 1.14 bits per heavy atom. The summed E-state index contributed by atoms with van der Waals surface area (Å²) in [6, 6.07) is 11.2. The molecular weight excluding hydrogens is 278 g/mol. The quantitative estimate of drug-likeness (QED) is 0.486. The number of nitro groups is 1. The van der Waals surface area contributed by atoms with Crippen molar-refractivity contribution >= 4 is 23.3 Å². The predicted molar refractivity (Wildman–Crippen MR) is 90.6 cm³/mol. The molecule has 0 aliphatic carbocycles. The lowest BCUT2D eigenvalue weighted by atomic mass is 10.1. The topological polar surface area (TPSA) is 58.7 Å². The van der Waals surface area contributed by atoms with Crippen molar-refractivity contribution in [2.24, 2.45) is 4.99 Å². The molecule has 0 N–H and O–H groups in total. The zero-order chi connectivity index (χ0) is 16.3. The van der Waals surface area contributed by atoms with Gasteiger partial charge >= 0.3 is 0 Å². The number of hydrogen-bond acceptors (Lipinski definition) is 4. The van der Waals surface area contributed by atoms with Crippen molar-refractivity contribution in [3.05, 3.63) is 63.2 Å². The van der Waals surface area contributed by atoms with Crippen LogP contribution in [0.1, 0.15) is 16.7 Å². The van der Waals surface area contributed by atoms with Crippen molar-refractivity contribution in [3.63, 3.8) is 0 Å². The second kappa shape index (κ2) is 6.39. The largest absolute Gasteiger partial charge is 0.372 e. The first-order valence-corrected chi connectivity index (χ1v) is 6.95. The molecule has 0 spiro atoms. The molecule has 0 heterocycles. The Kier molecular flexibility index (Phi) is 4.56. The van der Waals surface area contributed by atoms with Gasteiger partial charge in [0.2, 0.25) is 0 Å². The van der Waals surface area contributed by atoms with Gasteiger partial charge in [0.05, 0.1) is 10.6 Å². The molecule has 2 rings (SSSR count). The molecule has 0 bridgehead atoms. The number of aliphatic imine (C=N–C) groups is 1. The normalized spacial score (nSPS) is 10.9. The van der Waals surface area contributed by atoms with E-state index in [4.69, 9.17) is 0 Å². The molecular formula is C17H19N3O2. The Morgan fingerprint density at radius 2 is 1.86 bits per heavy atom. The van der Waals surface area contributed by atoms with E-state index in [1.165, 1.54) is 0 Å². The average Bonchev–Trinajstić information content (AvgIpc) is 2.47. The molecule has 0 saturated carbocycles. The van der Waals surface area contributed by atoms with Crippen LogP contribution in [0.15, 0.2) is 41.4 Å². The summed E-state index contributed by atoms with van der Waals surface area (Å²) in [6.07, 6.45) is 1.66. The van der Waals surface area contributed by atoms with E-state index >= 15 is 0 Å². The molecule has 0 unspecified atom stereocenters. The third-order valence-electron chi connectivity index (χ3n) is 3.40. The lowest BCUT2D eigenvalue weighted by Gasteiger charge is -2.12. The van der Waals surface area contributed by atoms with E-state index in [1.807, 2.05) is 38.1 Å². The molecule has 0 radical (unpaired) electrons. The van der Waals surface area contributed by atoms with Crippen LogP contribution in [0, 0.1) is 24.0 Å². The van der Waals surface area contributed by atoms with E-state index < -0.39 is 0 Å². The highest BCUT2D eigenvalue weighted by atomic mass is 16.6. The van der Waals surface area contributed by atoms with E-state index in [1.54, 1.807) is 37.3 Å². The molecule has 0 amide bonds. The third kappa shape index (κ3) is 3.49. The molecule has 5 heteroatoms. The van der Waals surface area contributed by atoms with Crippen LogP contribution >= 0.6 is 0 Å². The third-order valence-corrected chi connectivity index (χ3v) is 3.40. The molecule has 0 aromatic heterocycles. The summed E-state index contributed by atoms with van der Waals surface area (Å²) in [6.45, 7) is 4.00. The number of aryl methyl sites for hydroxylation is 2. The summed E-state index contributed by atoms with van der Waals surface area (Å²) in [5.74, 6) is 0. The Morgan fingerprint density at radius 3 is 2.50 bits per heavy atom. The van der Waals surface area contributed by atoms with Gasteiger partial charge in [-0.15, -0.1) is 0 Å². The van der Waals surface area contributed by atoms with E-state index in [2.05, 4.69) is 4.99 Å². The molecule has 2 aromatic rings. The minimum Gasteiger partial charge on any atom is -0.372 e. The zero-order valence-corrected chi connectivity index (χ0v) is 13.2. The zero-order valence-electron chi connectivity index (χ0n) is 13.2. The Balaban J connectivity index is 2.37. The molecule has 0 aliphatic rings. The fourth-order valence-corrected chi connectivity index (χ4v) is 2.15. The van der Waals surface area contributed by atoms with Crippen molar-refractivity contribution in [3.8, 4) is 0 Å². The number of benzene rings is 2. The Hall–Kier alpha value is -2.69. The van der Waals surface area contributed by atoms with Gasteiger partial charge in [0.1, 0.15) is 5.69 Å². The number of rotatable bonds is 4. The second-order valence-electron chi connectivity index (χ2n) is 5.45. The summed E-state index contributed by atoms with van der Waals surface area (Å²) in [5, 5.41) is 11.2. The smallest absolute Gasteiger partial charge is 0.293 e. The monoisotopic (exact) mass is 297 g/mol. The van der Waals surface area contributed by atoms with Crippen molar-refractivity contribution in [2.45, 2.75) is 13.8 Å². The van der Waals surface area contributed by atoms with Crippen molar-refractivity contribution < 1.29 is 4.92 Å². The lowest BCUT2D eigenvalue weighted by Crippen LogP contribution is -2.11. The minimum absolute atomic E-state index is 0.0786. The summed E-state index contributed by atoms with van der Waals surface area (Å²) >= 11 is 0. The van der Waals surface area contributed by atoms with E-state index in [0.717, 1.165) is 16.8 Å². The van der Waals surface area contributed by atoms with Crippen LogP contribution in [0.25, 0.3) is 0 Å². The summed E-state index contributed by atoms with van der Waals surface area (Å²) < 4.78 is 0. The number of nitro benzene ring substituents is 1. The maximum Gasteiger partial charge on any atom is 0.293 e. The van der Waals surface area contributed by atoms with Gasteiger partial charge in [-0.25, -0.2) is 0 Å².